The molecule has 1 fully saturated rings. The fraction of sp³-hybridized carbons (Fsp3) is 0.500. The summed E-state index contributed by atoms with van der Waals surface area (Å²) in [6.07, 6.45) is 1.78. The Morgan fingerprint density at radius 2 is 2.26 bits per heavy atom. The molecule has 1 aromatic rings. The quantitative estimate of drug-likeness (QED) is 0.908. The highest BCUT2D eigenvalue weighted by atomic mass is 19.1. The zero-order chi connectivity index (χ0) is 13.8. The van der Waals surface area contributed by atoms with Crippen molar-refractivity contribution < 1.29 is 13.6 Å². The van der Waals surface area contributed by atoms with Gasteiger partial charge in [-0.15, -0.1) is 0 Å². The Labute approximate surface area is 111 Å². The standard InChI is InChI=1S/C14H18F2N2O/c1-17-14(19)11-3-2-6-18(9-11)8-10-4-5-12(15)7-13(10)16/h4-5,7,11H,2-3,6,8-9H2,1H3,(H,17,19). The Bertz CT molecular complexity index is 465. The van der Waals surface area contributed by atoms with Gasteiger partial charge in [-0.25, -0.2) is 8.78 Å². The third kappa shape index (κ3) is 3.50. The number of halogens is 2. The lowest BCUT2D eigenvalue weighted by atomic mass is 9.97. The second-order valence-electron chi connectivity index (χ2n) is 4.92. The van der Waals surface area contributed by atoms with Gasteiger partial charge < -0.3 is 5.32 Å². The molecular weight excluding hydrogens is 250 g/mol. The summed E-state index contributed by atoms with van der Waals surface area (Å²) in [6, 6.07) is 3.63. The first-order valence-electron chi connectivity index (χ1n) is 6.48. The van der Waals surface area contributed by atoms with Crippen LogP contribution in [-0.2, 0) is 11.3 Å². The number of amides is 1. The Hall–Kier alpha value is -1.49. The van der Waals surface area contributed by atoms with Gasteiger partial charge in [0.1, 0.15) is 11.6 Å². The highest BCUT2D eigenvalue weighted by Gasteiger charge is 2.25. The molecule has 2 rings (SSSR count). The number of nitrogens with one attached hydrogen (secondary N) is 1. The average molecular weight is 268 g/mol. The predicted octanol–water partition coefficient (Wildman–Crippen LogP) is 1.92. The summed E-state index contributed by atoms with van der Waals surface area (Å²) in [5.74, 6) is -1.10. The van der Waals surface area contributed by atoms with Crippen molar-refractivity contribution in [2.45, 2.75) is 19.4 Å². The van der Waals surface area contributed by atoms with E-state index < -0.39 is 11.6 Å². The molecule has 1 amide bonds. The predicted molar refractivity (Wildman–Crippen MR) is 68.4 cm³/mol. The number of piperidine rings is 1. The number of carbonyl (C=O) groups is 1. The summed E-state index contributed by atoms with van der Waals surface area (Å²) in [5, 5.41) is 2.65. The van der Waals surface area contributed by atoms with Crippen molar-refractivity contribution in [3.05, 3.63) is 35.4 Å². The topological polar surface area (TPSA) is 32.3 Å². The lowest BCUT2D eigenvalue weighted by Gasteiger charge is -2.31. The monoisotopic (exact) mass is 268 g/mol. The molecule has 1 aromatic carbocycles. The van der Waals surface area contributed by atoms with Gasteiger partial charge in [0.15, 0.2) is 0 Å². The van der Waals surface area contributed by atoms with Crippen molar-refractivity contribution in [1.29, 1.82) is 0 Å². The molecule has 19 heavy (non-hydrogen) atoms. The zero-order valence-corrected chi connectivity index (χ0v) is 11.0. The minimum atomic E-state index is -0.567. The minimum Gasteiger partial charge on any atom is -0.359 e. The van der Waals surface area contributed by atoms with Gasteiger partial charge in [-0.1, -0.05) is 6.07 Å². The number of nitrogens with zero attached hydrogens (tertiary/aromatic N) is 1. The highest BCUT2D eigenvalue weighted by molar-refractivity contribution is 5.78. The summed E-state index contributed by atoms with van der Waals surface area (Å²) in [4.78, 5) is 13.7. The second kappa shape index (κ2) is 6.10. The van der Waals surface area contributed by atoms with Gasteiger partial charge in [-0.2, -0.15) is 0 Å². The summed E-state index contributed by atoms with van der Waals surface area (Å²) < 4.78 is 26.4. The molecule has 0 bridgehead atoms. The van der Waals surface area contributed by atoms with Gasteiger partial charge in [0, 0.05) is 31.8 Å². The first kappa shape index (κ1) is 13.9. The molecule has 1 heterocycles. The number of benzene rings is 1. The number of hydrogen-bond acceptors (Lipinski definition) is 2. The van der Waals surface area contributed by atoms with Gasteiger partial charge in [0.05, 0.1) is 5.92 Å². The van der Waals surface area contributed by atoms with E-state index in [-0.39, 0.29) is 11.8 Å². The van der Waals surface area contributed by atoms with E-state index in [2.05, 4.69) is 5.32 Å². The Kier molecular flexibility index (Phi) is 4.47. The molecule has 5 heteroatoms. The van der Waals surface area contributed by atoms with Crippen LogP contribution in [0.1, 0.15) is 18.4 Å². The van der Waals surface area contributed by atoms with Crippen LogP contribution in [0.3, 0.4) is 0 Å². The van der Waals surface area contributed by atoms with E-state index in [9.17, 15) is 13.6 Å². The van der Waals surface area contributed by atoms with Crippen molar-refractivity contribution in [3.8, 4) is 0 Å². The zero-order valence-electron chi connectivity index (χ0n) is 11.0. The van der Waals surface area contributed by atoms with Gasteiger partial charge in [0.25, 0.3) is 0 Å². The molecule has 1 aliphatic rings. The molecule has 3 nitrogen and oxygen atoms in total. The third-order valence-corrected chi connectivity index (χ3v) is 3.53. The maximum Gasteiger partial charge on any atom is 0.224 e. The maximum atomic E-state index is 13.6. The van der Waals surface area contributed by atoms with E-state index in [1.165, 1.54) is 12.1 Å². The van der Waals surface area contributed by atoms with Crippen LogP contribution in [0.2, 0.25) is 0 Å². The van der Waals surface area contributed by atoms with E-state index in [0.717, 1.165) is 25.5 Å². The SMILES string of the molecule is CNC(=O)C1CCCN(Cc2ccc(F)cc2F)C1. The Morgan fingerprint density at radius 3 is 2.95 bits per heavy atom. The lowest BCUT2D eigenvalue weighted by Crippen LogP contribution is -2.41. The molecule has 104 valence electrons. The molecule has 1 atom stereocenters. The normalized spacial score (nSPS) is 20.3. The van der Waals surface area contributed by atoms with Crippen molar-refractivity contribution in [2.24, 2.45) is 5.92 Å². The molecule has 0 saturated carbocycles. The van der Waals surface area contributed by atoms with E-state index in [4.69, 9.17) is 0 Å². The largest absolute Gasteiger partial charge is 0.359 e. The van der Waals surface area contributed by atoms with Crippen LogP contribution in [0.15, 0.2) is 18.2 Å². The molecule has 0 aromatic heterocycles. The van der Waals surface area contributed by atoms with Gasteiger partial charge in [-0.05, 0) is 25.5 Å². The van der Waals surface area contributed by atoms with Crippen LogP contribution in [0.25, 0.3) is 0 Å². The van der Waals surface area contributed by atoms with E-state index in [0.29, 0.717) is 18.7 Å². The summed E-state index contributed by atoms with van der Waals surface area (Å²) >= 11 is 0. The van der Waals surface area contributed by atoms with Crippen LogP contribution >= 0.6 is 0 Å². The molecule has 1 unspecified atom stereocenters. The molecule has 0 aliphatic carbocycles. The number of likely N-dealkylation sites (tertiary alicyclic amines) is 1. The molecule has 0 spiro atoms. The van der Waals surface area contributed by atoms with Crippen LogP contribution in [0, 0.1) is 17.6 Å². The number of hydrogen-bond donors (Lipinski definition) is 1. The molecule has 1 aliphatic heterocycles. The van der Waals surface area contributed by atoms with Crippen molar-refractivity contribution in [2.75, 3.05) is 20.1 Å². The summed E-state index contributed by atoms with van der Waals surface area (Å²) in [5.41, 5.74) is 0.471. The molecule has 1 N–H and O–H groups in total. The van der Waals surface area contributed by atoms with Crippen molar-refractivity contribution >= 4 is 5.91 Å². The summed E-state index contributed by atoms with van der Waals surface area (Å²) in [6.45, 7) is 1.88. The minimum absolute atomic E-state index is 0.0317. The van der Waals surface area contributed by atoms with Crippen LogP contribution < -0.4 is 5.32 Å². The van der Waals surface area contributed by atoms with Crippen LogP contribution in [0.4, 0.5) is 8.78 Å². The average Bonchev–Trinajstić information content (AvgIpc) is 2.41. The van der Waals surface area contributed by atoms with E-state index in [1.54, 1.807) is 7.05 Å². The van der Waals surface area contributed by atoms with Crippen molar-refractivity contribution in [3.63, 3.8) is 0 Å². The lowest BCUT2D eigenvalue weighted by molar-refractivity contribution is -0.126. The van der Waals surface area contributed by atoms with E-state index in [1.807, 2.05) is 4.90 Å². The number of rotatable bonds is 3. The summed E-state index contributed by atoms with van der Waals surface area (Å²) in [7, 11) is 1.63. The van der Waals surface area contributed by atoms with E-state index >= 15 is 0 Å². The maximum absolute atomic E-state index is 13.6. The molecule has 1 saturated heterocycles. The first-order chi connectivity index (χ1) is 9.10. The first-order valence-corrected chi connectivity index (χ1v) is 6.48. The van der Waals surface area contributed by atoms with Gasteiger partial charge in [-0.3, -0.25) is 9.69 Å². The van der Waals surface area contributed by atoms with Gasteiger partial charge >= 0.3 is 0 Å². The van der Waals surface area contributed by atoms with Crippen LogP contribution in [-0.4, -0.2) is 30.9 Å². The molecule has 0 radical (unpaired) electrons. The third-order valence-electron chi connectivity index (χ3n) is 3.53. The number of carbonyl (C=O) groups excluding carboxylic acids is 1. The Balaban J connectivity index is 2.00. The fourth-order valence-electron chi connectivity index (χ4n) is 2.51. The smallest absolute Gasteiger partial charge is 0.224 e. The molecular formula is C14H18F2N2O. The van der Waals surface area contributed by atoms with Crippen molar-refractivity contribution in [1.82, 2.24) is 10.2 Å². The van der Waals surface area contributed by atoms with Crippen LogP contribution in [0.5, 0.6) is 0 Å². The Morgan fingerprint density at radius 1 is 1.47 bits per heavy atom. The second-order valence-corrected chi connectivity index (χ2v) is 4.92. The highest BCUT2D eigenvalue weighted by Crippen LogP contribution is 2.20. The fourth-order valence-corrected chi connectivity index (χ4v) is 2.51. The van der Waals surface area contributed by atoms with Gasteiger partial charge in [0.2, 0.25) is 5.91 Å².